The maximum atomic E-state index is 13.6. The van der Waals surface area contributed by atoms with Crippen LogP contribution in [0.25, 0.3) is 34.0 Å². The van der Waals surface area contributed by atoms with Crippen LogP contribution in [0.3, 0.4) is 0 Å². The van der Waals surface area contributed by atoms with Gasteiger partial charge in [0.15, 0.2) is 10.3 Å². The Morgan fingerprint density at radius 3 is 1.33 bits per heavy atom. The van der Waals surface area contributed by atoms with Crippen LogP contribution in [0.4, 0.5) is 0 Å². The van der Waals surface area contributed by atoms with Crippen molar-refractivity contribution < 1.29 is 9.59 Å². The molecule has 0 saturated heterocycles. The fourth-order valence-corrected chi connectivity index (χ4v) is 6.72. The third-order valence-electron chi connectivity index (χ3n) is 6.70. The van der Waals surface area contributed by atoms with E-state index in [0.29, 0.717) is 32.2 Å². The highest BCUT2D eigenvalue weighted by Gasteiger charge is 2.20. The second-order valence-corrected chi connectivity index (χ2v) is 12.7. The molecule has 12 heteroatoms. The Morgan fingerprint density at radius 1 is 0.565 bits per heavy atom. The molecule has 6 aromatic rings. The summed E-state index contributed by atoms with van der Waals surface area (Å²) in [6.45, 7) is 0. The fraction of sp³-hybridized carbons (Fsp3) is 0. The van der Waals surface area contributed by atoms with Gasteiger partial charge in [0.2, 0.25) is 0 Å². The van der Waals surface area contributed by atoms with Crippen LogP contribution in [0.5, 0.6) is 0 Å². The van der Waals surface area contributed by atoms with Crippen molar-refractivity contribution in [2.75, 3.05) is 0 Å². The standard InChI is InChI=1S/C34H20Cl2N4O4S2/c35-23-15-9-21(10-16-23)13-19-29(41)39-31(43)25-5-1-3-7-27(25)37-33(39)45-46-34-38-28-8-4-2-6-26(28)32(44)40(34)30(42)20-14-22-11-17-24(36)18-12-22/h1-20H/b19-13+,20-14+. The van der Waals surface area contributed by atoms with Gasteiger partial charge in [-0.3, -0.25) is 19.2 Å². The molecule has 2 aromatic heterocycles. The number of carbonyl (C=O) groups excluding carboxylic acids is 2. The zero-order valence-corrected chi connectivity index (χ0v) is 26.7. The number of para-hydroxylation sites is 2. The van der Waals surface area contributed by atoms with Crippen LogP contribution in [-0.2, 0) is 0 Å². The van der Waals surface area contributed by atoms with E-state index in [1.54, 1.807) is 109 Å². The Bertz CT molecular complexity index is 2150. The van der Waals surface area contributed by atoms with E-state index in [4.69, 9.17) is 23.2 Å². The maximum absolute atomic E-state index is 13.6. The molecule has 0 aliphatic heterocycles. The van der Waals surface area contributed by atoms with Crippen LogP contribution >= 0.6 is 44.8 Å². The Morgan fingerprint density at radius 2 is 0.935 bits per heavy atom. The normalized spacial score (nSPS) is 11.6. The molecule has 6 rings (SSSR count). The molecule has 0 atom stereocenters. The molecule has 46 heavy (non-hydrogen) atoms. The highest BCUT2D eigenvalue weighted by molar-refractivity contribution is 8.76. The average molecular weight is 684 g/mol. The Kier molecular flexibility index (Phi) is 9.32. The van der Waals surface area contributed by atoms with Gasteiger partial charge in [0.1, 0.15) is 0 Å². The Balaban J connectivity index is 1.40. The van der Waals surface area contributed by atoms with Crippen LogP contribution < -0.4 is 11.1 Å². The van der Waals surface area contributed by atoms with Crippen molar-refractivity contribution in [2.45, 2.75) is 10.3 Å². The number of carbonyl (C=O) groups is 2. The van der Waals surface area contributed by atoms with E-state index in [1.807, 2.05) is 0 Å². The SMILES string of the molecule is O=C(/C=C/c1ccc(Cl)cc1)n1c(SSc2nc3ccccc3c(=O)n2C(=O)/C=C/c2ccc(Cl)cc2)nc2ccccc2c1=O. The Hall–Kier alpha value is -4.74. The van der Waals surface area contributed by atoms with E-state index in [9.17, 15) is 19.2 Å². The lowest BCUT2D eigenvalue weighted by Crippen LogP contribution is -2.29. The van der Waals surface area contributed by atoms with Gasteiger partial charge in [0.25, 0.3) is 22.9 Å². The van der Waals surface area contributed by atoms with Crippen LogP contribution in [0.15, 0.2) is 129 Å². The lowest BCUT2D eigenvalue weighted by molar-refractivity contribution is 0.0946. The van der Waals surface area contributed by atoms with Crippen molar-refractivity contribution in [1.82, 2.24) is 19.1 Å². The summed E-state index contributed by atoms with van der Waals surface area (Å²) in [5.41, 5.74) is 1.05. The summed E-state index contributed by atoms with van der Waals surface area (Å²) in [7, 11) is 1.86. The number of benzene rings is 4. The van der Waals surface area contributed by atoms with Crippen molar-refractivity contribution in [2.24, 2.45) is 0 Å². The zero-order valence-electron chi connectivity index (χ0n) is 23.5. The second kappa shape index (κ2) is 13.7. The average Bonchev–Trinajstić information content (AvgIpc) is 3.06. The molecule has 0 unspecified atom stereocenters. The summed E-state index contributed by atoms with van der Waals surface area (Å²) in [6.07, 6.45) is 5.67. The molecule has 4 aromatic carbocycles. The first kappa shape index (κ1) is 31.3. The molecular formula is C34H20Cl2N4O4S2. The third-order valence-corrected chi connectivity index (χ3v) is 9.28. The number of aromatic nitrogens is 4. The Labute approximate surface area is 279 Å². The third kappa shape index (κ3) is 6.75. The number of hydrogen-bond donors (Lipinski definition) is 0. The summed E-state index contributed by atoms with van der Waals surface area (Å²) in [6, 6.07) is 27.1. The van der Waals surface area contributed by atoms with Crippen molar-refractivity contribution >= 4 is 90.6 Å². The largest absolute Gasteiger partial charge is 0.269 e. The second-order valence-electron chi connectivity index (χ2n) is 9.72. The summed E-state index contributed by atoms with van der Waals surface area (Å²) >= 11 is 11.9. The zero-order chi connectivity index (χ0) is 32.2. The molecule has 0 aliphatic carbocycles. The van der Waals surface area contributed by atoms with Crippen LogP contribution in [0, 0.1) is 0 Å². The molecule has 0 bridgehead atoms. The van der Waals surface area contributed by atoms with Crippen molar-refractivity contribution in [3.63, 3.8) is 0 Å². The van der Waals surface area contributed by atoms with Crippen LogP contribution in [-0.4, -0.2) is 30.9 Å². The summed E-state index contributed by atoms with van der Waals surface area (Å²) in [5, 5.41) is 1.69. The van der Waals surface area contributed by atoms with Gasteiger partial charge in [-0.1, -0.05) is 71.7 Å². The van der Waals surface area contributed by atoms with Gasteiger partial charge in [-0.25, -0.2) is 19.1 Å². The van der Waals surface area contributed by atoms with E-state index in [0.717, 1.165) is 30.7 Å². The molecular weight excluding hydrogens is 663 g/mol. The number of hydrogen-bond acceptors (Lipinski definition) is 8. The summed E-state index contributed by atoms with van der Waals surface area (Å²) in [5.74, 6) is -1.26. The van der Waals surface area contributed by atoms with Gasteiger partial charge in [-0.05, 0) is 93.4 Å². The van der Waals surface area contributed by atoms with E-state index >= 15 is 0 Å². The quantitative estimate of drug-likeness (QED) is 0.0950. The first-order valence-electron chi connectivity index (χ1n) is 13.6. The van der Waals surface area contributed by atoms with Crippen molar-refractivity contribution in [1.29, 1.82) is 0 Å². The molecule has 0 saturated carbocycles. The van der Waals surface area contributed by atoms with Gasteiger partial charge in [-0.15, -0.1) is 0 Å². The minimum Gasteiger partial charge on any atom is -0.269 e. The predicted molar refractivity (Wildman–Crippen MR) is 186 cm³/mol. The lowest BCUT2D eigenvalue weighted by Gasteiger charge is -2.12. The summed E-state index contributed by atoms with van der Waals surface area (Å²) < 4.78 is 1.91. The van der Waals surface area contributed by atoms with Gasteiger partial charge < -0.3 is 0 Å². The topological polar surface area (TPSA) is 104 Å². The minimum absolute atomic E-state index is 0.0394. The van der Waals surface area contributed by atoms with Crippen LogP contribution in [0.1, 0.15) is 20.7 Å². The first-order valence-corrected chi connectivity index (χ1v) is 16.5. The van der Waals surface area contributed by atoms with Crippen molar-refractivity contribution in [3.05, 3.63) is 151 Å². The van der Waals surface area contributed by atoms with Gasteiger partial charge in [0, 0.05) is 22.2 Å². The van der Waals surface area contributed by atoms with E-state index in [2.05, 4.69) is 9.97 Å². The fourth-order valence-electron chi connectivity index (χ4n) is 4.43. The molecule has 8 nitrogen and oxygen atoms in total. The molecule has 226 valence electrons. The number of fused-ring (bicyclic) bond motifs is 2. The highest BCUT2D eigenvalue weighted by atomic mass is 35.5. The van der Waals surface area contributed by atoms with E-state index in [1.165, 1.54) is 12.2 Å². The lowest BCUT2D eigenvalue weighted by atomic mass is 10.2. The van der Waals surface area contributed by atoms with Crippen molar-refractivity contribution in [3.8, 4) is 0 Å². The van der Waals surface area contributed by atoms with Gasteiger partial charge in [-0.2, -0.15) is 0 Å². The molecule has 0 N–H and O–H groups in total. The van der Waals surface area contributed by atoms with Crippen LogP contribution in [0.2, 0.25) is 10.0 Å². The molecule has 0 fully saturated rings. The smallest absolute Gasteiger partial charge is 0.269 e. The number of halogens is 2. The molecule has 0 amide bonds. The monoisotopic (exact) mass is 682 g/mol. The minimum atomic E-state index is -0.632. The highest BCUT2D eigenvalue weighted by Crippen LogP contribution is 2.35. The first-order chi connectivity index (χ1) is 22.3. The van der Waals surface area contributed by atoms with Gasteiger partial charge in [0.05, 0.1) is 21.8 Å². The van der Waals surface area contributed by atoms with E-state index < -0.39 is 22.9 Å². The molecule has 0 spiro atoms. The number of rotatable bonds is 7. The predicted octanol–water partition coefficient (Wildman–Crippen LogP) is 7.92. The molecule has 2 heterocycles. The number of allylic oxidation sites excluding steroid dienone is 2. The molecule has 0 radical (unpaired) electrons. The van der Waals surface area contributed by atoms with E-state index in [-0.39, 0.29) is 21.1 Å². The maximum Gasteiger partial charge on any atom is 0.269 e. The number of nitrogens with zero attached hydrogens (tertiary/aromatic N) is 4. The van der Waals surface area contributed by atoms with Gasteiger partial charge >= 0.3 is 0 Å². The molecule has 0 aliphatic rings. The summed E-state index contributed by atoms with van der Waals surface area (Å²) in [4.78, 5) is 63.3.